The molecule has 3 nitrogen and oxygen atoms in total. The van der Waals surface area contributed by atoms with E-state index < -0.39 is 0 Å². The number of aliphatic imine (C=N–C) groups is 1. The Morgan fingerprint density at radius 2 is 2.12 bits per heavy atom. The van der Waals surface area contributed by atoms with Gasteiger partial charge in [-0.15, -0.1) is 24.0 Å². The van der Waals surface area contributed by atoms with E-state index in [2.05, 4.69) is 28.4 Å². The van der Waals surface area contributed by atoms with Crippen LogP contribution in [0.5, 0.6) is 0 Å². The maximum atomic E-state index is 4.46. The summed E-state index contributed by atoms with van der Waals surface area (Å²) >= 11 is 1.99. The van der Waals surface area contributed by atoms with Crippen LogP contribution in [0, 0.1) is 0 Å². The predicted octanol–water partition coefficient (Wildman–Crippen LogP) is 2.42. The van der Waals surface area contributed by atoms with Crippen molar-refractivity contribution >= 4 is 41.7 Å². The summed E-state index contributed by atoms with van der Waals surface area (Å²) in [6.07, 6.45) is 6.10. The van der Waals surface area contributed by atoms with Crippen LogP contribution in [0.15, 0.2) is 4.99 Å². The van der Waals surface area contributed by atoms with Crippen molar-refractivity contribution in [3.63, 3.8) is 0 Å². The van der Waals surface area contributed by atoms with Crippen LogP contribution in [-0.4, -0.2) is 49.0 Å². The Bertz CT molecular complexity index is 221. The summed E-state index contributed by atoms with van der Waals surface area (Å²) in [5.41, 5.74) is 0. The molecule has 0 aliphatic heterocycles. The van der Waals surface area contributed by atoms with Crippen molar-refractivity contribution in [2.24, 2.45) is 4.99 Å². The second-order valence-electron chi connectivity index (χ2n) is 4.20. The molecular weight excluding hydrogens is 333 g/mol. The van der Waals surface area contributed by atoms with Gasteiger partial charge >= 0.3 is 0 Å². The molecule has 1 fully saturated rings. The minimum Gasteiger partial charge on any atom is -0.353 e. The summed E-state index contributed by atoms with van der Waals surface area (Å²) in [5, 5.41) is 4.38. The van der Waals surface area contributed by atoms with Crippen LogP contribution in [0.2, 0.25) is 0 Å². The molecule has 2 unspecified atom stereocenters. The molecule has 0 saturated heterocycles. The van der Waals surface area contributed by atoms with Gasteiger partial charge in [0.05, 0.1) is 0 Å². The van der Waals surface area contributed by atoms with Gasteiger partial charge in [0.1, 0.15) is 0 Å². The third-order valence-electron chi connectivity index (χ3n) is 2.78. The minimum atomic E-state index is 0. The molecule has 0 heterocycles. The zero-order valence-electron chi connectivity index (χ0n) is 10.7. The first-order valence-electron chi connectivity index (χ1n) is 5.68. The molecule has 0 amide bonds. The van der Waals surface area contributed by atoms with Crippen LogP contribution < -0.4 is 5.32 Å². The number of nitrogens with one attached hydrogen (secondary N) is 1. The standard InChI is InChI=1S/C11H23N3S.HI/c1-5-12-11(14(2)3)13-9-6-7-10(8-9)15-4;/h9-10H,5-8H2,1-4H3,(H,12,13);1H. The highest BCUT2D eigenvalue weighted by atomic mass is 127. The fourth-order valence-corrected chi connectivity index (χ4v) is 2.73. The number of thioether (sulfide) groups is 1. The molecule has 1 N–H and O–H groups in total. The maximum Gasteiger partial charge on any atom is 0.193 e. The Kier molecular flexibility index (Phi) is 8.63. The molecule has 0 aromatic carbocycles. The van der Waals surface area contributed by atoms with Gasteiger partial charge in [0.2, 0.25) is 0 Å². The summed E-state index contributed by atoms with van der Waals surface area (Å²) in [6.45, 7) is 2.92. The largest absolute Gasteiger partial charge is 0.353 e. The van der Waals surface area contributed by atoms with E-state index in [1.807, 2.05) is 25.9 Å². The maximum absolute atomic E-state index is 4.46. The first-order valence-corrected chi connectivity index (χ1v) is 6.97. The normalized spacial score (nSPS) is 25.1. The first kappa shape index (κ1) is 16.4. The van der Waals surface area contributed by atoms with E-state index in [0.29, 0.717) is 6.04 Å². The van der Waals surface area contributed by atoms with Crippen molar-refractivity contribution in [2.75, 3.05) is 26.9 Å². The smallest absolute Gasteiger partial charge is 0.193 e. The topological polar surface area (TPSA) is 27.6 Å². The molecule has 0 spiro atoms. The van der Waals surface area contributed by atoms with Gasteiger partial charge in [-0.05, 0) is 32.4 Å². The lowest BCUT2D eigenvalue weighted by Crippen LogP contribution is -2.42. The van der Waals surface area contributed by atoms with E-state index in [1.165, 1.54) is 19.3 Å². The van der Waals surface area contributed by atoms with Crippen LogP contribution in [0.3, 0.4) is 0 Å². The molecule has 0 radical (unpaired) electrons. The average Bonchev–Trinajstić information content (AvgIpc) is 2.65. The molecule has 1 aliphatic carbocycles. The summed E-state index contributed by atoms with van der Waals surface area (Å²) in [7, 11) is 4.09. The van der Waals surface area contributed by atoms with Gasteiger partial charge in [0.25, 0.3) is 0 Å². The second-order valence-corrected chi connectivity index (χ2v) is 5.34. The highest BCUT2D eigenvalue weighted by Crippen LogP contribution is 2.28. The van der Waals surface area contributed by atoms with Crippen molar-refractivity contribution in [1.82, 2.24) is 10.2 Å². The number of rotatable bonds is 3. The molecule has 96 valence electrons. The molecule has 0 aromatic heterocycles. The number of hydrogen-bond donors (Lipinski definition) is 1. The Morgan fingerprint density at radius 1 is 1.44 bits per heavy atom. The molecule has 0 bridgehead atoms. The van der Waals surface area contributed by atoms with Gasteiger partial charge in [-0.2, -0.15) is 11.8 Å². The lowest BCUT2D eigenvalue weighted by atomic mass is 10.2. The van der Waals surface area contributed by atoms with Crippen molar-refractivity contribution < 1.29 is 0 Å². The Morgan fingerprint density at radius 3 is 2.56 bits per heavy atom. The van der Waals surface area contributed by atoms with E-state index >= 15 is 0 Å². The quantitative estimate of drug-likeness (QED) is 0.478. The van der Waals surface area contributed by atoms with E-state index in [0.717, 1.165) is 17.8 Å². The van der Waals surface area contributed by atoms with E-state index in [4.69, 9.17) is 0 Å². The Hall–Kier alpha value is 0.350. The average molecular weight is 357 g/mol. The number of guanidine groups is 1. The van der Waals surface area contributed by atoms with Gasteiger partial charge in [-0.25, -0.2) is 0 Å². The van der Waals surface area contributed by atoms with Gasteiger partial charge in [-0.1, -0.05) is 0 Å². The summed E-state index contributed by atoms with van der Waals surface area (Å²) in [6, 6.07) is 0.621. The summed E-state index contributed by atoms with van der Waals surface area (Å²) < 4.78 is 0. The van der Waals surface area contributed by atoms with E-state index in [-0.39, 0.29) is 24.0 Å². The Balaban J connectivity index is 0.00000225. The predicted molar refractivity (Wildman–Crippen MR) is 85.2 cm³/mol. The zero-order chi connectivity index (χ0) is 11.3. The monoisotopic (exact) mass is 357 g/mol. The zero-order valence-corrected chi connectivity index (χ0v) is 13.8. The third kappa shape index (κ3) is 5.12. The highest BCUT2D eigenvalue weighted by Gasteiger charge is 2.24. The van der Waals surface area contributed by atoms with E-state index in [9.17, 15) is 0 Å². The highest BCUT2D eigenvalue weighted by molar-refractivity contribution is 14.0. The second kappa shape index (κ2) is 8.44. The molecule has 5 heteroatoms. The van der Waals surface area contributed by atoms with Gasteiger partial charge < -0.3 is 10.2 Å². The molecular formula is C11H24IN3S. The van der Waals surface area contributed by atoms with Crippen molar-refractivity contribution in [1.29, 1.82) is 0 Å². The van der Waals surface area contributed by atoms with Gasteiger partial charge in [0, 0.05) is 31.9 Å². The molecule has 1 saturated carbocycles. The van der Waals surface area contributed by atoms with Crippen molar-refractivity contribution in [2.45, 2.75) is 37.5 Å². The van der Waals surface area contributed by atoms with Crippen LogP contribution >= 0.6 is 35.7 Å². The lowest BCUT2D eigenvalue weighted by molar-refractivity contribution is 0.534. The SMILES string of the molecule is CCN=C(NC1CCC(SC)C1)N(C)C.I. The number of hydrogen-bond acceptors (Lipinski definition) is 2. The summed E-state index contributed by atoms with van der Waals surface area (Å²) in [4.78, 5) is 6.53. The lowest BCUT2D eigenvalue weighted by Gasteiger charge is -2.21. The Labute approximate surface area is 121 Å². The molecule has 2 atom stereocenters. The first-order chi connectivity index (χ1) is 7.17. The van der Waals surface area contributed by atoms with Crippen molar-refractivity contribution in [3.05, 3.63) is 0 Å². The number of nitrogens with zero attached hydrogens (tertiary/aromatic N) is 2. The van der Waals surface area contributed by atoms with Crippen LogP contribution in [0.1, 0.15) is 26.2 Å². The third-order valence-corrected chi connectivity index (χ3v) is 3.88. The molecule has 1 rings (SSSR count). The van der Waals surface area contributed by atoms with E-state index in [1.54, 1.807) is 0 Å². The minimum absolute atomic E-state index is 0. The fraction of sp³-hybridized carbons (Fsp3) is 0.909. The van der Waals surface area contributed by atoms with Gasteiger partial charge in [-0.3, -0.25) is 4.99 Å². The fourth-order valence-electron chi connectivity index (χ4n) is 1.93. The summed E-state index contributed by atoms with van der Waals surface area (Å²) in [5.74, 6) is 1.03. The van der Waals surface area contributed by atoms with Gasteiger partial charge in [0.15, 0.2) is 5.96 Å². The van der Waals surface area contributed by atoms with Crippen LogP contribution in [0.4, 0.5) is 0 Å². The van der Waals surface area contributed by atoms with Crippen molar-refractivity contribution in [3.8, 4) is 0 Å². The number of halogens is 1. The molecule has 0 aromatic rings. The molecule has 16 heavy (non-hydrogen) atoms. The van der Waals surface area contributed by atoms with Crippen LogP contribution in [0.25, 0.3) is 0 Å². The molecule has 1 aliphatic rings. The van der Waals surface area contributed by atoms with Crippen LogP contribution in [-0.2, 0) is 0 Å².